The quantitative estimate of drug-likeness (QED) is 0.461. The fourth-order valence-electron chi connectivity index (χ4n) is 2.22. The van der Waals surface area contributed by atoms with Crippen molar-refractivity contribution in [1.82, 2.24) is 4.90 Å². The van der Waals surface area contributed by atoms with Gasteiger partial charge in [-0.05, 0) is 25.7 Å². The molecule has 1 aliphatic rings. The summed E-state index contributed by atoms with van der Waals surface area (Å²) in [5, 5.41) is 9.52. The summed E-state index contributed by atoms with van der Waals surface area (Å²) < 4.78 is 0. The Kier molecular flexibility index (Phi) is 8.06. The molecule has 1 N–H and O–H groups in total. The minimum Gasteiger partial charge on any atom is -0.380 e. The van der Waals surface area contributed by atoms with Gasteiger partial charge in [-0.15, -0.1) is 0 Å². The molecule has 0 saturated carbocycles. The second-order valence-electron chi connectivity index (χ2n) is 5.28. The molecule has 0 spiro atoms. The van der Waals surface area contributed by atoms with Gasteiger partial charge in [0.1, 0.15) is 6.10 Å². The lowest BCUT2D eigenvalue weighted by atomic mass is 10.0. The Bertz CT molecular complexity index is 378. The molecule has 1 heterocycles. The molecule has 0 radical (unpaired) electrons. The average molecular weight is 277 g/mol. The number of piperidine rings is 1. The number of hydrogen-bond acceptors (Lipinski definition) is 2. The van der Waals surface area contributed by atoms with Crippen molar-refractivity contribution in [2.75, 3.05) is 6.54 Å². The monoisotopic (exact) mass is 277 g/mol. The molecule has 2 atom stereocenters. The van der Waals surface area contributed by atoms with E-state index in [1.165, 1.54) is 12.8 Å². The highest BCUT2D eigenvalue weighted by Crippen LogP contribution is 2.17. The van der Waals surface area contributed by atoms with E-state index in [0.29, 0.717) is 19.4 Å². The molecular weight excluding hydrogens is 250 g/mol. The first-order chi connectivity index (χ1) is 9.69. The van der Waals surface area contributed by atoms with Crippen molar-refractivity contribution in [1.29, 1.82) is 0 Å². The summed E-state index contributed by atoms with van der Waals surface area (Å²) >= 11 is 0. The van der Waals surface area contributed by atoms with Crippen LogP contribution >= 0.6 is 0 Å². The predicted octanol–water partition coefficient (Wildman–Crippen LogP) is 2.89. The molecule has 20 heavy (non-hydrogen) atoms. The van der Waals surface area contributed by atoms with Gasteiger partial charge in [0.25, 0.3) is 0 Å². The number of aliphatic hydroxyl groups is 1. The molecule has 0 bridgehead atoms. The molecular formula is C17H27NO2. The van der Waals surface area contributed by atoms with Crippen LogP contribution in [0.25, 0.3) is 0 Å². The second-order valence-corrected chi connectivity index (χ2v) is 5.28. The Morgan fingerprint density at radius 3 is 2.95 bits per heavy atom. The molecule has 0 aliphatic carbocycles. The SMILES string of the molecule is CCCC/C=C\CN1C(=O)CCC[C@@H]1C#CC(O)CC. The van der Waals surface area contributed by atoms with Gasteiger partial charge in [-0.3, -0.25) is 4.79 Å². The number of rotatable bonds is 6. The number of unbranched alkanes of at least 4 members (excludes halogenated alkanes) is 2. The lowest BCUT2D eigenvalue weighted by molar-refractivity contribution is -0.134. The zero-order valence-corrected chi connectivity index (χ0v) is 12.8. The van der Waals surface area contributed by atoms with Gasteiger partial charge in [-0.2, -0.15) is 0 Å². The number of hydrogen-bond donors (Lipinski definition) is 1. The van der Waals surface area contributed by atoms with Crippen LogP contribution in [-0.2, 0) is 4.79 Å². The summed E-state index contributed by atoms with van der Waals surface area (Å²) in [6.07, 6.45) is 10.2. The van der Waals surface area contributed by atoms with E-state index in [4.69, 9.17) is 0 Å². The highest BCUT2D eigenvalue weighted by molar-refractivity contribution is 5.78. The topological polar surface area (TPSA) is 40.5 Å². The number of allylic oxidation sites excluding steroid dienone is 1. The van der Waals surface area contributed by atoms with Crippen molar-refractivity contribution in [3.8, 4) is 11.8 Å². The summed E-state index contributed by atoms with van der Waals surface area (Å²) in [7, 11) is 0. The molecule has 0 aromatic heterocycles. The zero-order chi connectivity index (χ0) is 14.8. The van der Waals surface area contributed by atoms with Gasteiger partial charge in [0.2, 0.25) is 5.91 Å². The highest BCUT2D eigenvalue weighted by Gasteiger charge is 2.25. The fraction of sp³-hybridized carbons (Fsp3) is 0.706. The van der Waals surface area contributed by atoms with Crippen LogP contribution in [-0.4, -0.2) is 34.6 Å². The van der Waals surface area contributed by atoms with Crippen LogP contribution in [0.1, 0.15) is 58.8 Å². The van der Waals surface area contributed by atoms with Gasteiger partial charge in [-0.25, -0.2) is 0 Å². The van der Waals surface area contributed by atoms with Crippen LogP contribution in [0.4, 0.5) is 0 Å². The number of carbonyl (C=O) groups excluding carboxylic acids is 1. The number of carbonyl (C=O) groups is 1. The Balaban J connectivity index is 2.58. The molecule has 1 amide bonds. The highest BCUT2D eigenvalue weighted by atomic mass is 16.3. The molecule has 1 aliphatic heterocycles. The van der Waals surface area contributed by atoms with Gasteiger partial charge in [0, 0.05) is 13.0 Å². The number of amides is 1. The third-order valence-electron chi connectivity index (χ3n) is 3.56. The Morgan fingerprint density at radius 2 is 2.25 bits per heavy atom. The third-order valence-corrected chi connectivity index (χ3v) is 3.56. The lowest BCUT2D eigenvalue weighted by Gasteiger charge is -2.31. The van der Waals surface area contributed by atoms with E-state index in [0.717, 1.165) is 19.3 Å². The first-order valence-corrected chi connectivity index (χ1v) is 7.82. The minimum absolute atomic E-state index is 0.0340. The maximum Gasteiger partial charge on any atom is 0.223 e. The van der Waals surface area contributed by atoms with Crippen LogP contribution in [0.3, 0.4) is 0 Å². The standard InChI is InChI=1S/C17H27NO2/c1-3-5-6-7-8-14-18-15(10-9-11-17(18)20)12-13-16(19)4-2/h7-8,15-16,19H,3-6,9-11,14H2,1-2H3/b8-7-/t15-,16?/m1/s1. The molecule has 1 unspecified atom stereocenters. The van der Waals surface area contributed by atoms with Crippen molar-refractivity contribution >= 4 is 5.91 Å². The molecule has 0 aromatic carbocycles. The largest absolute Gasteiger partial charge is 0.380 e. The van der Waals surface area contributed by atoms with Crippen molar-refractivity contribution in [2.24, 2.45) is 0 Å². The Morgan fingerprint density at radius 1 is 1.45 bits per heavy atom. The maximum absolute atomic E-state index is 12.0. The fourth-order valence-corrected chi connectivity index (χ4v) is 2.22. The predicted molar refractivity (Wildman–Crippen MR) is 82.1 cm³/mol. The van der Waals surface area contributed by atoms with Crippen molar-refractivity contribution < 1.29 is 9.90 Å². The Labute approximate surface area is 123 Å². The zero-order valence-electron chi connectivity index (χ0n) is 12.8. The number of nitrogens with zero attached hydrogens (tertiary/aromatic N) is 1. The summed E-state index contributed by atoms with van der Waals surface area (Å²) in [5.74, 6) is 6.11. The number of aliphatic hydroxyl groups excluding tert-OH is 1. The minimum atomic E-state index is -0.575. The molecule has 3 heteroatoms. The lowest BCUT2D eigenvalue weighted by Crippen LogP contribution is -2.43. The molecule has 1 saturated heterocycles. The van der Waals surface area contributed by atoms with E-state index in [1.54, 1.807) is 0 Å². The second kappa shape index (κ2) is 9.61. The molecule has 1 rings (SSSR count). The van der Waals surface area contributed by atoms with Crippen LogP contribution in [0.2, 0.25) is 0 Å². The van der Waals surface area contributed by atoms with E-state index in [9.17, 15) is 9.90 Å². The van der Waals surface area contributed by atoms with Crippen LogP contribution < -0.4 is 0 Å². The normalized spacial score (nSPS) is 20.9. The first kappa shape index (κ1) is 16.8. The molecule has 3 nitrogen and oxygen atoms in total. The summed E-state index contributed by atoms with van der Waals surface area (Å²) in [4.78, 5) is 13.8. The summed E-state index contributed by atoms with van der Waals surface area (Å²) in [5.41, 5.74) is 0. The van der Waals surface area contributed by atoms with Crippen molar-refractivity contribution in [2.45, 2.75) is 70.9 Å². The van der Waals surface area contributed by atoms with Gasteiger partial charge in [0.15, 0.2) is 0 Å². The molecule has 1 fully saturated rings. The first-order valence-electron chi connectivity index (χ1n) is 7.82. The molecule has 0 aromatic rings. The van der Waals surface area contributed by atoms with Crippen LogP contribution in [0.15, 0.2) is 12.2 Å². The van der Waals surface area contributed by atoms with E-state index in [1.807, 2.05) is 11.8 Å². The van der Waals surface area contributed by atoms with E-state index < -0.39 is 6.10 Å². The van der Waals surface area contributed by atoms with E-state index in [2.05, 4.69) is 30.9 Å². The average Bonchev–Trinajstić information content (AvgIpc) is 2.46. The van der Waals surface area contributed by atoms with E-state index >= 15 is 0 Å². The smallest absolute Gasteiger partial charge is 0.223 e. The summed E-state index contributed by atoms with van der Waals surface area (Å²) in [6, 6.07) is -0.0340. The van der Waals surface area contributed by atoms with Crippen LogP contribution in [0.5, 0.6) is 0 Å². The van der Waals surface area contributed by atoms with E-state index in [-0.39, 0.29) is 11.9 Å². The maximum atomic E-state index is 12.0. The van der Waals surface area contributed by atoms with Gasteiger partial charge >= 0.3 is 0 Å². The van der Waals surface area contributed by atoms with Gasteiger partial charge in [-0.1, -0.05) is 50.7 Å². The Hall–Kier alpha value is -1.27. The van der Waals surface area contributed by atoms with Crippen molar-refractivity contribution in [3.63, 3.8) is 0 Å². The van der Waals surface area contributed by atoms with Crippen molar-refractivity contribution in [3.05, 3.63) is 12.2 Å². The summed E-state index contributed by atoms with van der Waals surface area (Å²) in [6.45, 7) is 4.72. The van der Waals surface area contributed by atoms with Crippen LogP contribution in [0, 0.1) is 11.8 Å². The van der Waals surface area contributed by atoms with Gasteiger partial charge < -0.3 is 10.0 Å². The molecule has 112 valence electrons. The number of likely N-dealkylation sites (tertiary alicyclic amines) is 1. The third kappa shape index (κ3) is 5.79. The van der Waals surface area contributed by atoms with Gasteiger partial charge in [0.05, 0.1) is 6.04 Å².